The van der Waals surface area contributed by atoms with E-state index in [9.17, 15) is 0 Å². The lowest BCUT2D eigenvalue weighted by molar-refractivity contribution is 0.242. The minimum atomic E-state index is 0.562. The van der Waals surface area contributed by atoms with E-state index in [4.69, 9.17) is 10.5 Å². The van der Waals surface area contributed by atoms with Crippen LogP contribution < -0.4 is 10.5 Å². The first-order valence-corrected chi connectivity index (χ1v) is 5.27. The van der Waals surface area contributed by atoms with Crippen LogP contribution in [0, 0.1) is 5.92 Å². The van der Waals surface area contributed by atoms with Gasteiger partial charge in [-0.25, -0.2) is 4.98 Å². The highest BCUT2D eigenvalue weighted by Gasteiger charge is 2.20. The number of rotatable bonds is 3. The van der Waals surface area contributed by atoms with Gasteiger partial charge in [0.25, 0.3) is 0 Å². The lowest BCUT2D eigenvalue weighted by atomic mass is 10.1. The SMILES string of the molecule is CN1CCC(COc2ncccc2N)C1. The number of aromatic nitrogens is 1. The molecule has 4 nitrogen and oxygen atoms in total. The van der Waals surface area contributed by atoms with Gasteiger partial charge in [-0.15, -0.1) is 0 Å². The fraction of sp³-hybridized carbons (Fsp3) is 0.545. The second kappa shape index (κ2) is 4.49. The molecule has 0 radical (unpaired) electrons. The van der Waals surface area contributed by atoms with E-state index in [-0.39, 0.29) is 0 Å². The molecule has 1 aliphatic heterocycles. The number of nitrogen functional groups attached to an aromatic ring is 1. The van der Waals surface area contributed by atoms with Crippen molar-refractivity contribution < 1.29 is 4.74 Å². The van der Waals surface area contributed by atoms with Gasteiger partial charge in [0, 0.05) is 18.7 Å². The van der Waals surface area contributed by atoms with Crippen molar-refractivity contribution in [3.63, 3.8) is 0 Å². The molecule has 2 rings (SSSR count). The van der Waals surface area contributed by atoms with Crippen LogP contribution in [0.1, 0.15) is 6.42 Å². The fourth-order valence-corrected chi connectivity index (χ4v) is 1.88. The van der Waals surface area contributed by atoms with Crippen LogP contribution >= 0.6 is 0 Å². The molecule has 0 amide bonds. The number of hydrogen-bond donors (Lipinski definition) is 1. The van der Waals surface area contributed by atoms with Gasteiger partial charge in [0.05, 0.1) is 12.3 Å². The van der Waals surface area contributed by atoms with E-state index in [1.807, 2.05) is 12.1 Å². The Labute approximate surface area is 90.0 Å². The molecule has 0 saturated carbocycles. The van der Waals surface area contributed by atoms with Gasteiger partial charge in [-0.2, -0.15) is 0 Å². The molecule has 1 aromatic heterocycles. The molecule has 1 saturated heterocycles. The quantitative estimate of drug-likeness (QED) is 0.803. The van der Waals surface area contributed by atoms with Crippen LogP contribution in [0.2, 0.25) is 0 Å². The molecule has 4 heteroatoms. The van der Waals surface area contributed by atoms with Crippen molar-refractivity contribution in [3.8, 4) is 5.88 Å². The summed E-state index contributed by atoms with van der Waals surface area (Å²) in [7, 11) is 2.13. The minimum absolute atomic E-state index is 0.562. The Morgan fingerprint density at radius 3 is 3.20 bits per heavy atom. The molecule has 1 aromatic rings. The summed E-state index contributed by atoms with van der Waals surface area (Å²) >= 11 is 0. The highest BCUT2D eigenvalue weighted by Crippen LogP contribution is 2.19. The summed E-state index contributed by atoms with van der Waals surface area (Å²) in [5.41, 5.74) is 6.35. The Morgan fingerprint density at radius 1 is 1.67 bits per heavy atom. The largest absolute Gasteiger partial charge is 0.476 e. The molecule has 0 aliphatic carbocycles. The van der Waals surface area contributed by atoms with Crippen molar-refractivity contribution in [2.24, 2.45) is 5.92 Å². The molecule has 2 heterocycles. The van der Waals surface area contributed by atoms with Crippen LogP contribution in [0.3, 0.4) is 0 Å². The number of pyridine rings is 1. The third-order valence-electron chi connectivity index (χ3n) is 2.75. The average Bonchev–Trinajstić information content (AvgIpc) is 2.63. The molecule has 1 unspecified atom stereocenters. The van der Waals surface area contributed by atoms with E-state index in [2.05, 4.69) is 16.9 Å². The lowest BCUT2D eigenvalue weighted by Crippen LogP contribution is -2.18. The average molecular weight is 207 g/mol. The van der Waals surface area contributed by atoms with Crippen molar-refractivity contribution in [2.45, 2.75) is 6.42 Å². The van der Waals surface area contributed by atoms with Gasteiger partial charge < -0.3 is 15.4 Å². The first-order valence-electron chi connectivity index (χ1n) is 5.27. The van der Waals surface area contributed by atoms with Crippen LogP contribution in [-0.4, -0.2) is 36.6 Å². The van der Waals surface area contributed by atoms with Crippen molar-refractivity contribution in [1.29, 1.82) is 0 Å². The van der Waals surface area contributed by atoms with Crippen LogP contribution in [0.4, 0.5) is 5.69 Å². The van der Waals surface area contributed by atoms with Crippen LogP contribution in [-0.2, 0) is 0 Å². The second-order valence-corrected chi connectivity index (χ2v) is 4.13. The zero-order chi connectivity index (χ0) is 10.7. The van der Waals surface area contributed by atoms with E-state index < -0.39 is 0 Å². The molecule has 1 atom stereocenters. The van der Waals surface area contributed by atoms with Gasteiger partial charge in [-0.05, 0) is 32.1 Å². The van der Waals surface area contributed by atoms with Crippen LogP contribution in [0.5, 0.6) is 5.88 Å². The predicted octanol–water partition coefficient (Wildman–Crippen LogP) is 0.994. The Bertz CT molecular complexity index is 329. The second-order valence-electron chi connectivity index (χ2n) is 4.13. The number of nitrogens with zero attached hydrogens (tertiary/aromatic N) is 2. The molecule has 0 spiro atoms. The number of anilines is 1. The number of likely N-dealkylation sites (tertiary alicyclic amines) is 1. The van der Waals surface area contributed by atoms with Gasteiger partial charge in [0.15, 0.2) is 0 Å². The highest BCUT2D eigenvalue weighted by atomic mass is 16.5. The summed E-state index contributed by atoms with van der Waals surface area (Å²) in [5, 5.41) is 0. The topological polar surface area (TPSA) is 51.4 Å². The summed E-state index contributed by atoms with van der Waals surface area (Å²) in [6, 6.07) is 3.62. The van der Waals surface area contributed by atoms with Crippen LogP contribution in [0.15, 0.2) is 18.3 Å². The first-order chi connectivity index (χ1) is 7.25. The third kappa shape index (κ3) is 2.59. The summed E-state index contributed by atoms with van der Waals surface area (Å²) in [4.78, 5) is 6.41. The minimum Gasteiger partial charge on any atom is -0.476 e. The first kappa shape index (κ1) is 10.2. The molecule has 0 bridgehead atoms. The van der Waals surface area contributed by atoms with E-state index >= 15 is 0 Å². The molecule has 1 aliphatic rings. The maximum atomic E-state index is 5.73. The molecule has 2 N–H and O–H groups in total. The van der Waals surface area contributed by atoms with Gasteiger partial charge in [-0.1, -0.05) is 0 Å². The molecular formula is C11H17N3O. The molecule has 1 fully saturated rings. The zero-order valence-electron chi connectivity index (χ0n) is 9.02. The Kier molecular flexibility index (Phi) is 3.06. The van der Waals surface area contributed by atoms with Gasteiger partial charge in [0.2, 0.25) is 5.88 Å². The number of nitrogens with two attached hydrogens (primary N) is 1. The summed E-state index contributed by atoms with van der Waals surface area (Å²) in [6.07, 6.45) is 2.90. The predicted molar refractivity (Wildman–Crippen MR) is 59.7 cm³/mol. The standard InChI is InChI=1S/C11H17N3O/c1-14-6-4-9(7-14)8-15-11-10(12)3-2-5-13-11/h2-3,5,9H,4,6-8,12H2,1H3. The molecule has 0 aromatic carbocycles. The summed E-state index contributed by atoms with van der Waals surface area (Å²) < 4.78 is 5.61. The van der Waals surface area contributed by atoms with Crippen LogP contribution in [0.25, 0.3) is 0 Å². The Balaban J connectivity index is 1.86. The van der Waals surface area contributed by atoms with Crippen molar-refractivity contribution >= 4 is 5.69 Å². The van der Waals surface area contributed by atoms with Gasteiger partial charge >= 0.3 is 0 Å². The van der Waals surface area contributed by atoms with Crippen molar-refractivity contribution in [2.75, 3.05) is 32.5 Å². The summed E-state index contributed by atoms with van der Waals surface area (Å²) in [5.74, 6) is 1.17. The van der Waals surface area contributed by atoms with E-state index in [0.717, 1.165) is 13.1 Å². The normalized spacial score (nSPS) is 21.8. The molecule has 82 valence electrons. The maximum absolute atomic E-state index is 5.73. The van der Waals surface area contributed by atoms with E-state index in [0.29, 0.717) is 24.1 Å². The monoisotopic (exact) mass is 207 g/mol. The highest BCUT2D eigenvalue weighted by molar-refractivity contribution is 5.46. The Hall–Kier alpha value is -1.29. The van der Waals surface area contributed by atoms with Gasteiger partial charge in [0.1, 0.15) is 0 Å². The van der Waals surface area contributed by atoms with Gasteiger partial charge in [-0.3, -0.25) is 0 Å². The molecule has 15 heavy (non-hydrogen) atoms. The fourth-order valence-electron chi connectivity index (χ4n) is 1.88. The maximum Gasteiger partial charge on any atom is 0.237 e. The van der Waals surface area contributed by atoms with E-state index in [1.165, 1.54) is 6.42 Å². The number of ether oxygens (including phenoxy) is 1. The number of hydrogen-bond acceptors (Lipinski definition) is 4. The third-order valence-corrected chi connectivity index (χ3v) is 2.75. The van der Waals surface area contributed by atoms with Crippen molar-refractivity contribution in [1.82, 2.24) is 9.88 Å². The Morgan fingerprint density at radius 2 is 2.53 bits per heavy atom. The summed E-state index contributed by atoms with van der Waals surface area (Å²) in [6.45, 7) is 2.98. The van der Waals surface area contributed by atoms with Crippen molar-refractivity contribution in [3.05, 3.63) is 18.3 Å². The molecular weight excluding hydrogens is 190 g/mol. The zero-order valence-corrected chi connectivity index (χ0v) is 9.02. The van der Waals surface area contributed by atoms with E-state index in [1.54, 1.807) is 6.20 Å². The smallest absolute Gasteiger partial charge is 0.237 e. The lowest BCUT2D eigenvalue weighted by Gasteiger charge is -2.12.